The maximum Gasteiger partial charge on any atom is 0.156 e. The number of Topliss-reactive ketones (excluding diaryl/α,β-unsaturated/α-hetero) is 1. The van der Waals surface area contributed by atoms with E-state index in [1.54, 1.807) is 0 Å². The summed E-state index contributed by atoms with van der Waals surface area (Å²) in [5, 5.41) is 0. The van der Waals surface area contributed by atoms with Crippen molar-refractivity contribution in [2.45, 2.75) is 64.3 Å². The Labute approximate surface area is 185 Å². The number of hydrogen-bond acceptors (Lipinski definition) is 5. The van der Waals surface area contributed by atoms with Crippen LogP contribution in [0.4, 0.5) is 5.82 Å². The maximum atomic E-state index is 12.9. The normalized spacial score (nSPS) is 23.1. The van der Waals surface area contributed by atoms with Crippen LogP contribution in [0, 0.1) is 11.8 Å². The lowest BCUT2D eigenvalue weighted by molar-refractivity contribution is -0.125. The maximum absolute atomic E-state index is 12.9. The molecule has 6 heteroatoms. The van der Waals surface area contributed by atoms with Gasteiger partial charge < -0.3 is 14.8 Å². The number of carbonyl (C=O) groups excluding carboxylic acids is 1. The minimum Gasteiger partial charge on any atom is -0.356 e. The number of piperidine rings is 1. The molecule has 0 aromatic carbocycles. The molecule has 2 aromatic heterocycles. The van der Waals surface area contributed by atoms with E-state index in [9.17, 15) is 4.79 Å². The molecule has 31 heavy (non-hydrogen) atoms. The summed E-state index contributed by atoms with van der Waals surface area (Å²) in [6, 6.07) is 6.77. The first kappa shape index (κ1) is 20.7. The van der Waals surface area contributed by atoms with E-state index in [2.05, 4.69) is 45.7 Å². The van der Waals surface area contributed by atoms with Crippen molar-refractivity contribution in [1.82, 2.24) is 19.9 Å². The second kappa shape index (κ2) is 8.73. The number of nitrogens with one attached hydrogen (secondary N) is 1. The molecule has 5 rings (SSSR count). The molecule has 1 aliphatic carbocycles. The van der Waals surface area contributed by atoms with Gasteiger partial charge in [-0.3, -0.25) is 4.79 Å². The Hall–Kier alpha value is -2.21. The predicted octanol–water partition coefficient (Wildman–Crippen LogP) is 4.26. The zero-order valence-corrected chi connectivity index (χ0v) is 18.9. The highest BCUT2D eigenvalue weighted by atomic mass is 16.1. The van der Waals surface area contributed by atoms with Gasteiger partial charge in [-0.2, -0.15) is 0 Å². The fraction of sp³-hybridized carbons (Fsp3) is 0.640. The summed E-state index contributed by atoms with van der Waals surface area (Å²) in [6.45, 7) is 8.53. The summed E-state index contributed by atoms with van der Waals surface area (Å²) < 4.78 is 0. The molecule has 0 amide bonds. The molecule has 0 radical (unpaired) electrons. The molecule has 1 N–H and O–H groups in total. The van der Waals surface area contributed by atoms with Crippen molar-refractivity contribution in [2.75, 3.05) is 31.1 Å². The van der Waals surface area contributed by atoms with Crippen molar-refractivity contribution in [2.24, 2.45) is 11.8 Å². The molecule has 2 aromatic rings. The number of hydrogen-bond donors (Lipinski definition) is 1. The third-order valence-electron chi connectivity index (χ3n) is 7.40. The summed E-state index contributed by atoms with van der Waals surface area (Å²) in [4.78, 5) is 30.6. The van der Waals surface area contributed by atoms with Crippen molar-refractivity contribution >= 4 is 11.6 Å². The van der Waals surface area contributed by atoms with Crippen molar-refractivity contribution in [3.63, 3.8) is 0 Å². The number of imidazole rings is 1. The van der Waals surface area contributed by atoms with E-state index in [0.717, 1.165) is 69.2 Å². The van der Waals surface area contributed by atoms with E-state index in [1.165, 1.54) is 18.5 Å². The fourth-order valence-corrected chi connectivity index (χ4v) is 5.19. The monoisotopic (exact) mass is 421 g/mol. The summed E-state index contributed by atoms with van der Waals surface area (Å²) in [6.07, 6.45) is 8.36. The standard InChI is InChI=1S/C25H35N5O/c1-17(2)29-12-9-20(10-13-29)23(31)14-18-8-11-30(16-18)24-5-3-4-21(27-24)25-26-15-22(28-25)19-6-7-19/h3-5,15,17-20H,6-14,16H2,1-2H3,(H,26,28)/t18-/m0/s1. The van der Waals surface area contributed by atoms with E-state index < -0.39 is 0 Å². The summed E-state index contributed by atoms with van der Waals surface area (Å²) in [5.41, 5.74) is 2.14. The molecule has 1 atom stereocenters. The molecule has 2 aliphatic heterocycles. The number of aromatic nitrogens is 3. The summed E-state index contributed by atoms with van der Waals surface area (Å²) in [5.74, 6) is 3.74. The molecular weight excluding hydrogens is 386 g/mol. The summed E-state index contributed by atoms with van der Waals surface area (Å²) in [7, 11) is 0. The number of ketones is 1. The largest absolute Gasteiger partial charge is 0.356 e. The molecule has 1 saturated carbocycles. The van der Waals surface area contributed by atoms with Gasteiger partial charge in [0.2, 0.25) is 0 Å². The lowest BCUT2D eigenvalue weighted by Crippen LogP contribution is -2.40. The van der Waals surface area contributed by atoms with Gasteiger partial charge in [0.1, 0.15) is 17.3 Å². The van der Waals surface area contributed by atoms with E-state index in [4.69, 9.17) is 4.98 Å². The minimum absolute atomic E-state index is 0.269. The number of pyridine rings is 1. The molecule has 0 unspecified atom stereocenters. The first-order valence-electron chi connectivity index (χ1n) is 12.1. The molecular formula is C25H35N5O. The van der Waals surface area contributed by atoms with Gasteiger partial charge in [-0.15, -0.1) is 0 Å². The van der Waals surface area contributed by atoms with Crippen LogP contribution in [-0.2, 0) is 4.79 Å². The van der Waals surface area contributed by atoms with Gasteiger partial charge in [0.15, 0.2) is 5.82 Å². The van der Waals surface area contributed by atoms with Gasteiger partial charge >= 0.3 is 0 Å². The van der Waals surface area contributed by atoms with E-state index in [0.29, 0.717) is 23.7 Å². The van der Waals surface area contributed by atoms with Gasteiger partial charge in [0.25, 0.3) is 0 Å². The Morgan fingerprint density at radius 3 is 2.68 bits per heavy atom. The quantitative estimate of drug-likeness (QED) is 0.724. The van der Waals surface area contributed by atoms with Crippen molar-refractivity contribution in [3.8, 4) is 11.5 Å². The lowest BCUT2D eigenvalue weighted by atomic mass is 9.87. The Morgan fingerprint density at radius 2 is 1.94 bits per heavy atom. The second-order valence-electron chi connectivity index (χ2n) is 10.0. The van der Waals surface area contributed by atoms with Gasteiger partial charge in [0, 0.05) is 49.3 Å². The Morgan fingerprint density at radius 1 is 1.13 bits per heavy atom. The molecule has 166 valence electrons. The third-order valence-corrected chi connectivity index (χ3v) is 7.40. The van der Waals surface area contributed by atoms with E-state index >= 15 is 0 Å². The number of carbonyl (C=O) groups is 1. The molecule has 0 bridgehead atoms. The highest BCUT2D eigenvalue weighted by molar-refractivity contribution is 5.81. The number of nitrogens with zero attached hydrogens (tertiary/aromatic N) is 4. The molecule has 2 saturated heterocycles. The SMILES string of the molecule is CC(C)N1CCC(C(=O)C[C@@H]2CCN(c3cccc(-c4ncc(C5CC5)[nH]4)n3)C2)CC1. The summed E-state index contributed by atoms with van der Waals surface area (Å²) >= 11 is 0. The molecule has 0 spiro atoms. The van der Waals surface area contributed by atoms with Crippen LogP contribution >= 0.6 is 0 Å². The number of anilines is 1. The van der Waals surface area contributed by atoms with Gasteiger partial charge in [0.05, 0.1) is 0 Å². The number of likely N-dealkylation sites (tertiary alicyclic amines) is 1. The molecule has 3 fully saturated rings. The smallest absolute Gasteiger partial charge is 0.156 e. The van der Waals surface area contributed by atoms with E-state index in [-0.39, 0.29) is 5.92 Å². The van der Waals surface area contributed by atoms with Gasteiger partial charge in [-0.1, -0.05) is 6.07 Å². The lowest BCUT2D eigenvalue weighted by Gasteiger charge is -2.34. The minimum atomic E-state index is 0.269. The first-order valence-corrected chi connectivity index (χ1v) is 12.1. The van der Waals surface area contributed by atoms with Crippen LogP contribution in [0.3, 0.4) is 0 Å². The Bertz CT molecular complexity index is 910. The van der Waals surface area contributed by atoms with Crippen molar-refractivity contribution in [1.29, 1.82) is 0 Å². The van der Waals surface area contributed by atoms with E-state index in [1.807, 2.05) is 12.3 Å². The molecule has 6 nitrogen and oxygen atoms in total. The van der Waals surface area contributed by atoms with Crippen LogP contribution in [0.5, 0.6) is 0 Å². The van der Waals surface area contributed by atoms with Crippen LogP contribution in [0.15, 0.2) is 24.4 Å². The predicted molar refractivity (Wildman–Crippen MR) is 123 cm³/mol. The van der Waals surface area contributed by atoms with Crippen LogP contribution in [0.25, 0.3) is 11.5 Å². The third kappa shape index (κ3) is 4.69. The first-order chi connectivity index (χ1) is 15.1. The van der Waals surface area contributed by atoms with Gasteiger partial charge in [-0.25, -0.2) is 9.97 Å². The molecule has 4 heterocycles. The fourth-order valence-electron chi connectivity index (χ4n) is 5.19. The van der Waals surface area contributed by atoms with Crippen molar-refractivity contribution in [3.05, 3.63) is 30.1 Å². The number of aromatic amines is 1. The Kier molecular flexibility index (Phi) is 5.83. The van der Waals surface area contributed by atoms with Crippen molar-refractivity contribution < 1.29 is 4.79 Å². The average molecular weight is 422 g/mol. The highest BCUT2D eigenvalue weighted by Gasteiger charge is 2.31. The molecule has 3 aliphatic rings. The highest BCUT2D eigenvalue weighted by Crippen LogP contribution is 2.39. The van der Waals surface area contributed by atoms with Crippen LogP contribution in [-0.4, -0.2) is 57.9 Å². The van der Waals surface area contributed by atoms with Crippen LogP contribution in [0.1, 0.15) is 64.0 Å². The topological polar surface area (TPSA) is 65.1 Å². The second-order valence-corrected chi connectivity index (χ2v) is 10.0. The number of rotatable bonds is 7. The number of H-pyrrole nitrogens is 1. The zero-order chi connectivity index (χ0) is 21.4. The average Bonchev–Trinajstić information content (AvgIpc) is 3.33. The zero-order valence-electron chi connectivity index (χ0n) is 18.9. The Balaban J connectivity index is 1.16. The van der Waals surface area contributed by atoms with Crippen LogP contribution < -0.4 is 4.90 Å². The van der Waals surface area contributed by atoms with Crippen LogP contribution in [0.2, 0.25) is 0 Å². The van der Waals surface area contributed by atoms with Gasteiger partial charge in [-0.05, 0) is 77.1 Å².